The molecule has 2 aliphatic rings. The van der Waals surface area contributed by atoms with E-state index in [2.05, 4.69) is 0 Å². The summed E-state index contributed by atoms with van der Waals surface area (Å²) in [6, 6.07) is 0. The highest BCUT2D eigenvalue weighted by atomic mass is 19.1. The number of halogens is 1. The van der Waals surface area contributed by atoms with Crippen molar-refractivity contribution in [1.82, 2.24) is 0 Å². The van der Waals surface area contributed by atoms with Gasteiger partial charge in [-0.2, -0.15) is 0 Å². The van der Waals surface area contributed by atoms with Crippen LogP contribution in [0.25, 0.3) is 0 Å². The summed E-state index contributed by atoms with van der Waals surface area (Å²) in [6.07, 6.45) is 6.80. The van der Waals surface area contributed by atoms with Crippen LogP contribution < -0.4 is 0 Å². The van der Waals surface area contributed by atoms with Gasteiger partial charge in [0.25, 0.3) is 0 Å². The molecule has 0 radical (unpaired) electrons. The quantitative estimate of drug-likeness (QED) is 0.791. The van der Waals surface area contributed by atoms with Crippen LogP contribution in [0.15, 0.2) is 23.8 Å². The number of carbonyl (C=O) groups excluding carboxylic acids is 1. The number of carbonyl (C=O) groups is 1. The summed E-state index contributed by atoms with van der Waals surface area (Å²) < 4.78 is 18.7. The first-order valence-corrected chi connectivity index (χ1v) is 8.32. The van der Waals surface area contributed by atoms with Crippen molar-refractivity contribution in [2.24, 2.45) is 23.7 Å². The van der Waals surface area contributed by atoms with Gasteiger partial charge in [-0.3, -0.25) is 9.18 Å². The third-order valence-corrected chi connectivity index (χ3v) is 5.23. The van der Waals surface area contributed by atoms with Gasteiger partial charge in [0.05, 0.1) is 18.7 Å². The topological polar surface area (TPSA) is 46.5 Å². The van der Waals surface area contributed by atoms with E-state index in [1.54, 1.807) is 0 Å². The third-order valence-electron chi connectivity index (χ3n) is 5.23. The molecule has 0 saturated heterocycles. The number of allylic oxidation sites excluding steroid dienone is 1. The minimum Gasteiger partial charge on any atom is -0.461 e. The number of esters is 1. The van der Waals surface area contributed by atoms with E-state index < -0.39 is 12.8 Å². The Bertz CT molecular complexity index is 457. The highest BCUT2D eigenvalue weighted by Gasteiger charge is 2.42. The molecule has 3 nitrogen and oxygen atoms in total. The number of aliphatic hydroxyl groups excluding tert-OH is 1. The second-order valence-electron chi connectivity index (χ2n) is 6.61. The molecule has 0 spiro atoms. The maximum absolute atomic E-state index is 13.0. The van der Waals surface area contributed by atoms with Crippen LogP contribution in [0.5, 0.6) is 0 Å². The fourth-order valence-electron chi connectivity index (χ4n) is 3.55. The van der Waals surface area contributed by atoms with Crippen molar-refractivity contribution >= 4 is 5.97 Å². The molecule has 124 valence electrons. The normalized spacial score (nSPS) is 35.5. The fraction of sp³-hybridized carbons (Fsp3) is 0.722. The number of hydrogen-bond acceptors (Lipinski definition) is 3. The van der Waals surface area contributed by atoms with E-state index >= 15 is 0 Å². The maximum Gasteiger partial charge on any atom is 0.308 e. The van der Waals surface area contributed by atoms with Crippen LogP contribution in [0.3, 0.4) is 0 Å². The average molecular weight is 310 g/mol. The standard InChI is InChI=1S/C18H27FO3/c1-4-11(2)18(21)22-16-7-5-6-13-10-15(20)12(3)14(8-9-19)17(13)16/h5-6,10-12,14-17,20H,4,7-9H2,1-3H3/t11-,12+,14-,15+,16-,17-/m0/s1. The van der Waals surface area contributed by atoms with E-state index in [0.29, 0.717) is 12.8 Å². The van der Waals surface area contributed by atoms with E-state index in [0.717, 1.165) is 12.0 Å². The second-order valence-corrected chi connectivity index (χ2v) is 6.61. The molecule has 4 heteroatoms. The number of fused-ring (bicyclic) bond motifs is 1. The average Bonchev–Trinajstić information content (AvgIpc) is 2.51. The molecule has 0 heterocycles. The van der Waals surface area contributed by atoms with Gasteiger partial charge in [0.1, 0.15) is 6.10 Å². The zero-order valence-electron chi connectivity index (χ0n) is 13.7. The van der Waals surface area contributed by atoms with E-state index in [1.165, 1.54) is 0 Å². The number of hydrogen-bond donors (Lipinski definition) is 1. The van der Waals surface area contributed by atoms with Gasteiger partial charge in [-0.15, -0.1) is 0 Å². The summed E-state index contributed by atoms with van der Waals surface area (Å²) in [6.45, 7) is 5.36. The molecule has 0 aliphatic heterocycles. The molecule has 0 aromatic carbocycles. The summed E-state index contributed by atoms with van der Waals surface area (Å²) in [4.78, 5) is 12.1. The molecule has 22 heavy (non-hydrogen) atoms. The lowest BCUT2D eigenvalue weighted by molar-refractivity contribution is -0.157. The van der Waals surface area contributed by atoms with Crippen molar-refractivity contribution in [1.29, 1.82) is 0 Å². The lowest BCUT2D eigenvalue weighted by Gasteiger charge is -2.43. The summed E-state index contributed by atoms with van der Waals surface area (Å²) in [5, 5.41) is 10.2. The van der Waals surface area contributed by atoms with Gasteiger partial charge in [-0.1, -0.05) is 39.0 Å². The number of aliphatic hydroxyl groups is 1. The largest absolute Gasteiger partial charge is 0.461 e. The molecule has 0 saturated carbocycles. The molecule has 2 rings (SSSR count). The predicted octanol–water partition coefficient (Wildman–Crippen LogP) is 3.43. The molecule has 6 atom stereocenters. The first-order chi connectivity index (χ1) is 10.5. The third kappa shape index (κ3) is 3.43. The van der Waals surface area contributed by atoms with E-state index in [1.807, 2.05) is 39.0 Å². The molecule has 0 unspecified atom stereocenters. The highest BCUT2D eigenvalue weighted by Crippen LogP contribution is 2.43. The maximum atomic E-state index is 13.0. The van der Waals surface area contributed by atoms with Crippen molar-refractivity contribution in [3.05, 3.63) is 23.8 Å². The molecule has 0 bridgehead atoms. The fourth-order valence-corrected chi connectivity index (χ4v) is 3.55. The van der Waals surface area contributed by atoms with Crippen LogP contribution >= 0.6 is 0 Å². The van der Waals surface area contributed by atoms with Crippen molar-refractivity contribution in [3.63, 3.8) is 0 Å². The SMILES string of the molecule is CC[C@H](C)C(=O)O[C@H]1CC=CC2=C[C@@H](O)[C@H](C)[C@H](CCF)[C@H]21. The lowest BCUT2D eigenvalue weighted by Crippen LogP contribution is -2.44. The van der Waals surface area contributed by atoms with Crippen molar-refractivity contribution in [2.75, 3.05) is 6.67 Å². The van der Waals surface area contributed by atoms with Gasteiger partial charge >= 0.3 is 5.97 Å². The Labute approximate surface area is 132 Å². The van der Waals surface area contributed by atoms with Crippen molar-refractivity contribution in [2.45, 2.75) is 52.2 Å². The van der Waals surface area contributed by atoms with Crippen LogP contribution in [-0.2, 0) is 9.53 Å². The summed E-state index contributed by atoms with van der Waals surface area (Å²) in [5.41, 5.74) is 0.984. The van der Waals surface area contributed by atoms with Crippen molar-refractivity contribution in [3.8, 4) is 0 Å². The number of alkyl halides is 1. The van der Waals surface area contributed by atoms with Gasteiger partial charge in [0.2, 0.25) is 0 Å². The van der Waals surface area contributed by atoms with Gasteiger partial charge in [-0.25, -0.2) is 0 Å². The Balaban J connectivity index is 2.23. The molecule has 1 N–H and O–H groups in total. The van der Waals surface area contributed by atoms with Gasteiger partial charge in [0.15, 0.2) is 0 Å². The first-order valence-electron chi connectivity index (χ1n) is 8.32. The van der Waals surface area contributed by atoms with E-state index in [4.69, 9.17) is 4.74 Å². The monoisotopic (exact) mass is 310 g/mol. The zero-order valence-corrected chi connectivity index (χ0v) is 13.7. The van der Waals surface area contributed by atoms with Crippen molar-refractivity contribution < 1.29 is 19.0 Å². The van der Waals surface area contributed by atoms with Crippen LogP contribution in [0.1, 0.15) is 40.0 Å². The van der Waals surface area contributed by atoms with Crippen LogP contribution in [0, 0.1) is 23.7 Å². The summed E-state index contributed by atoms with van der Waals surface area (Å²) in [5.74, 6) is -0.336. The minimum absolute atomic E-state index is 0.000294. The predicted molar refractivity (Wildman–Crippen MR) is 83.9 cm³/mol. The Morgan fingerprint density at radius 1 is 1.55 bits per heavy atom. The molecule has 0 fully saturated rings. The molecule has 0 aromatic rings. The summed E-state index contributed by atoms with van der Waals surface area (Å²) in [7, 11) is 0. The Morgan fingerprint density at radius 2 is 2.27 bits per heavy atom. The van der Waals surface area contributed by atoms with E-state index in [-0.39, 0.29) is 35.7 Å². The van der Waals surface area contributed by atoms with Gasteiger partial charge < -0.3 is 9.84 Å². The number of rotatable bonds is 5. The first kappa shape index (κ1) is 17.2. The van der Waals surface area contributed by atoms with Gasteiger partial charge in [-0.05, 0) is 30.3 Å². The molecule has 0 aromatic heterocycles. The highest BCUT2D eigenvalue weighted by molar-refractivity contribution is 5.72. The molecular formula is C18H27FO3. The smallest absolute Gasteiger partial charge is 0.308 e. The number of ether oxygens (including phenoxy) is 1. The Hall–Kier alpha value is -1.16. The zero-order chi connectivity index (χ0) is 16.3. The van der Waals surface area contributed by atoms with Crippen LogP contribution in [0.4, 0.5) is 4.39 Å². The van der Waals surface area contributed by atoms with E-state index in [9.17, 15) is 14.3 Å². The lowest BCUT2D eigenvalue weighted by atomic mass is 9.66. The summed E-state index contributed by atoms with van der Waals surface area (Å²) >= 11 is 0. The Morgan fingerprint density at radius 3 is 2.91 bits per heavy atom. The molecule has 0 amide bonds. The Kier molecular flexibility index (Phi) is 5.79. The molecule has 2 aliphatic carbocycles. The van der Waals surface area contributed by atoms with Crippen LogP contribution in [-0.4, -0.2) is 30.0 Å². The van der Waals surface area contributed by atoms with Crippen LogP contribution in [0.2, 0.25) is 0 Å². The minimum atomic E-state index is -0.559. The second kappa shape index (κ2) is 7.40. The molecular weight excluding hydrogens is 283 g/mol. The van der Waals surface area contributed by atoms with Gasteiger partial charge in [0, 0.05) is 12.3 Å².